The molecular formula is C12H14O5. The van der Waals surface area contributed by atoms with Gasteiger partial charge in [0.05, 0.1) is 18.8 Å². The Kier molecular flexibility index (Phi) is 4.37. The van der Waals surface area contributed by atoms with Gasteiger partial charge in [0, 0.05) is 0 Å². The highest BCUT2D eigenvalue weighted by Gasteiger charge is 2.35. The Morgan fingerprint density at radius 2 is 1.71 bits per heavy atom. The van der Waals surface area contributed by atoms with Crippen molar-refractivity contribution in [2.24, 2.45) is 5.41 Å². The molecule has 0 radical (unpaired) electrons. The molecular weight excluding hydrogens is 224 g/mol. The maximum absolute atomic E-state index is 11.5. The van der Waals surface area contributed by atoms with E-state index < -0.39 is 30.6 Å². The molecule has 5 nitrogen and oxygen atoms in total. The van der Waals surface area contributed by atoms with Gasteiger partial charge in [0.25, 0.3) is 0 Å². The summed E-state index contributed by atoms with van der Waals surface area (Å²) in [4.78, 5) is 23.1. The van der Waals surface area contributed by atoms with Crippen LogP contribution in [0.25, 0.3) is 0 Å². The number of hydrogen-bond donors (Lipinski definition) is 2. The average Bonchev–Trinajstić information content (AvgIpc) is 2.38. The fraction of sp³-hybridized carbons (Fsp3) is 0.333. The third kappa shape index (κ3) is 3.12. The van der Waals surface area contributed by atoms with Gasteiger partial charge in [0.15, 0.2) is 0 Å². The van der Waals surface area contributed by atoms with Crippen LogP contribution in [0.4, 0.5) is 0 Å². The van der Waals surface area contributed by atoms with E-state index in [9.17, 15) is 9.59 Å². The fourth-order valence-corrected chi connectivity index (χ4v) is 1.02. The fourth-order valence-electron chi connectivity index (χ4n) is 1.02. The molecule has 0 atom stereocenters. The van der Waals surface area contributed by atoms with E-state index in [1.807, 2.05) is 0 Å². The predicted octanol–water partition coefficient (Wildman–Crippen LogP) is 0.361. The van der Waals surface area contributed by atoms with Crippen LogP contribution >= 0.6 is 0 Å². The Morgan fingerprint density at radius 1 is 1.18 bits per heavy atom. The van der Waals surface area contributed by atoms with Crippen molar-refractivity contribution in [2.45, 2.75) is 6.92 Å². The van der Waals surface area contributed by atoms with E-state index in [-0.39, 0.29) is 5.56 Å². The highest BCUT2D eigenvalue weighted by Crippen LogP contribution is 2.17. The molecule has 0 bridgehead atoms. The van der Waals surface area contributed by atoms with Crippen LogP contribution in [0.2, 0.25) is 0 Å². The summed E-state index contributed by atoms with van der Waals surface area (Å²) in [5.41, 5.74) is -1.23. The lowest BCUT2D eigenvalue weighted by Crippen LogP contribution is -2.38. The van der Waals surface area contributed by atoms with Gasteiger partial charge < -0.3 is 14.9 Å². The Bertz CT molecular complexity index is 395. The number of rotatable bonds is 4. The smallest absolute Gasteiger partial charge is 0.345 e. The molecule has 0 saturated carbocycles. The molecule has 0 aromatic heterocycles. The predicted molar refractivity (Wildman–Crippen MR) is 59.1 cm³/mol. The second-order valence-electron chi connectivity index (χ2n) is 3.92. The normalized spacial score (nSPS) is 11.0. The molecule has 92 valence electrons. The minimum atomic E-state index is -1.47. The summed E-state index contributed by atoms with van der Waals surface area (Å²) in [5.74, 6) is -1.75. The molecule has 0 aliphatic heterocycles. The first kappa shape index (κ1) is 13.3. The van der Waals surface area contributed by atoms with Crippen molar-refractivity contribution in [1.82, 2.24) is 0 Å². The van der Waals surface area contributed by atoms with Crippen LogP contribution in [0, 0.1) is 5.41 Å². The van der Waals surface area contributed by atoms with Gasteiger partial charge in [-0.15, -0.1) is 0 Å². The van der Waals surface area contributed by atoms with E-state index >= 15 is 0 Å². The molecule has 1 aromatic rings. The highest BCUT2D eigenvalue weighted by molar-refractivity contribution is 5.98. The van der Waals surface area contributed by atoms with Gasteiger partial charge in [0.2, 0.25) is 0 Å². The third-order valence-electron chi connectivity index (χ3n) is 2.39. The van der Waals surface area contributed by atoms with Crippen molar-refractivity contribution in [3.63, 3.8) is 0 Å². The summed E-state index contributed by atoms with van der Waals surface area (Å²) in [6.07, 6.45) is 0. The van der Waals surface area contributed by atoms with Gasteiger partial charge in [-0.25, -0.2) is 4.79 Å². The van der Waals surface area contributed by atoms with Crippen molar-refractivity contribution < 1.29 is 24.5 Å². The van der Waals surface area contributed by atoms with E-state index in [0.29, 0.717) is 0 Å². The lowest BCUT2D eigenvalue weighted by molar-refractivity contribution is -0.153. The van der Waals surface area contributed by atoms with Crippen molar-refractivity contribution in [3.05, 3.63) is 35.9 Å². The number of aliphatic hydroxyl groups is 2. The number of aliphatic hydroxyl groups excluding tert-OH is 2. The zero-order valence-corrected chi connectivity index (χ0v) is 9.42. The first-order valence-electron chi connectivity index (χ1n) is 5.07. The largest absolute Gasteiger partial charge is 0.395 e. The molecule has 0 saturated heterocycles. The zero-order chi connectivity index (χ0) is 12.9. The van der Waals surface area contributed by atoms with Crippen molar-refractivity contribution in [1.29, 1.82) is 0 Å². The van der Waals surface area contributed by atoms with E-state index in [1.54, 1.807) is 18.2 Å². The molecule has 0 unspecified atom stereocenters. The SMILES string of the molecule is CC(CO)(CO)C(=O)OC(=O)c1ccccc1. The number of esters is 2. The van der Waals surface area contributed by atoms with Crippen LogP contribution < -0.4 is 0 Å². The first-order valence-corrected chi connectivity index (χ1v) is 5.07. The lowest BCUT2D eigenvalue weighted by Gasteiger charge is -2.21. The summed E-state index contributed by atoms with van der Waals surface area (Å²) in [5, 5.41) is 17.9. The van der Waals surface area contributed by atoms with Gasteiger partial charge in [-0.1, -0.05) is 18.2 Å². The third-order valence-corrected chi connectivity index (χ3v) is 2.39. The van der Waals surface area contributed by atoms with Crippen LogP contribution in [-0.4, -0.2) is 35.4 Å². The Hall–Kier alpha value is -1.72. The molecule has 0 amide bonds. The molecule has 2 N–H and O–H groups in total. The summed E-state index contributed by atoms with van der Waals surface area (Å²) in [7, 11) is 0. The van der Waals surface area contributed by atoms with Crippen molar-refractivity contribution in [3.8, 4) is 0 Å². The second-order valence-corrected chi connectivity index (χ2v) is 3.92. The standard InChI is InChI=1S/C12H14O5/c1-12(7-13,8-14)11(16)17-10(15)9-5-3-2-4-6-9/h2-6,13-14H,7-8H2,1H3. The molecule has 0 spiro atoms. The van der Waals surface area contributed by atoms with Crippen LogP contribution in [0.5, 0.6) is 0 Å². The van der Waals surface area contributed by atoms with E-state index in [4.69, 9.17) is 10.2 Å². The molecule has 0 fully saturated rings. The molecule has 0 heterocycles. The number of carbonyl (C=O) groups is 2. The summed E-state index contributed by atoms with van der Waals surface area (Å²) < 4.78 is 4.59. The van der Waals surface area contributed by atoms with Crippen LogP contribution in [0.1, 0.15) is 17.3 Å². The highest BCUT2D eigenvalue weighted by atomic mass is 16.6. The summed E-state index contributed by atoms with van der Waals surface area (Å²) in [6, 6.07) is 8.01. The minimum Gasteiger partial charge on any atom is -0.395 e. The Balaban J connectivity index is 2.73. The van der Waals surface area contributed by atoms with Gasteiger partial charge in [0.1, 0.15) is 5.41 Å². The summed E-state index contributed by atoms with van der Waals surface area (Å²) in [6.45, 7) is 0.127. The molecule has 1 aromatic carbocycles. The topological polar surface area (TPSA) is 83.8 Å². The average molecular weight is 238 g/mol. The number of benzene rings is 1. The molecule has 0 aliphatic rings. The van der Waals surface area contributed by atoms with Gasteiger partial charge in [-0.05, 0) is 19.1 Å². The van der Waals surface area contributed by atoms with Crippen LogP contribution in [0.15, 0.2) is 30.3 Å². The van der Waals surface area contributed by atoms with Gasteiger partial charge in [-0.2, -0.15) is 0 Å². The number of carbonyl (C=O) groups excluding carboxylic acids is 2. The van der Waals surface area contributed by atoms with Crippen molar-refractivity contribution >= 4 is 11.9 Å². The first-order chi connectivity index (χ1) is 8.03. The monoisotopic (exact) mass is 238 g/mol. The van der Waals surface area contributed by atoms with Gasteiger partial charge in [-0.3, -0.25) is 4.79 Å². The molecule has 0 aliphatic carbocycles. The quantitative estimate of drug-likeness (QED) is 0.584. The van der Waals surface area contributed by atoms with Crippen molar-refractivity contribution in [2.75, 3.05) is 13.2 Å². The lowest BCUT2D eigenvalue weighted by atomic mass is 9.93. The molecule has 17 heavy (non-hydrogen) atoms. The Morgan fingerprint density at radius 3 is 2.18 bits per heavy atom. The van der Waals surface area contributed by atoms with Gasteiger partial charge >= 0.3 is 11.9 Å². The van der Waals surface area contributed by atoms with E-state index in [2.05, 4.69) is 4.74 Å². The van der Waals surface area contributed by atoms with Crippen LogP contribution in [0.3, 0.4) is 0 Å². The second kappa shape index (κ2) is 5.56. The number of ether oxygens (including phenoxy) is 1. The van der Waals surface area contributed by atoms with E-state index in [0.717, 1.165) is 0 Å². The van der Waals surface area contributed by atoms with Crippen LogP contribution in [-0.2, 0) is 9.53 Å². The maximum atomic E-state index is 11.5. The summed E-state index contributed by atoms with van der Waals surface area (Å²) >= 11 is 0. The molecule has 1 rings (SSSR count). The Labute approximate surface area is 98.6 Å². The number of hydrogen-bond acceptors (Lipinski definition) is 5. The van der Waals surface area contributed by atoms with E-state index in [1.165, 1.54) is 19.1 Å². The minimum absolute atomic E-state index is 0.235. The maximum Gasteiger partial charge on any atom is 0.345 e. The zero-order valence-electron chi connectivity index (χ0n) is 9.42. The molecule has 5 heteroatoms.